The Balaban J connectivity index is 1.45. The zero-order valence-corrected chi connectivity index (χ0v) is 18.2. The summed E-state index contributed by atoms with van der Waals surface area (Å²) >= 11 is 3.38. The molecule has 0 aliphatic heterocycles. The van der Waals surface area contributed by atoms with Crippen molar-refractivity contribution >= 4 is 21.9 Å². The number of carbonyl (C=O) groups excluding carboxylic acids is 1. The summed E-state index contributed by atoms with van der Waals surface area (Å²) in [6, 6.07) is 12.8. The lowest BCUT2D eigenvalue weighted by Gasteiger charge is -2.07. The molecule has 0 atom stereocenters. The van der Waals surface area contributed by atoms with E-state index in [0.29, 0.717) is 35.9 Å². The van der Waals surface area contributed by atoms with Crippen LogP contribution in [0, 0.1) is 0 Å². The normalized spacial score (nSPS) is 10.5. The molecular weight excluding hydrogens is 456 g/mol. The smallest absolute Gasteiger partial charge is 0.306 e. The van der Waals surface area contributed by atoms with Crippen LogP contribution in [0.1, 0.15) is 18.7 Å². The highest BCUT2D eigenvalue weighted by atomic mass is 79.9. The fraction of sp³-hybridized carbons (Fsp3) is 0.286. The number of nitrogens with zero attached hydrogens (tertiary/aromatic N) is 2. The maximum Gasteiger partial charge on any atom is 0.306 e. The number of rotatable bonds is 10. The molecule has 3 rings (SSSR count). The number of halogens is 1. The minimum atomic E-state index is -0.366. The lowest BCUT2D eigenvalue weighted by molar-refractivity contribution is -0.146. The van der Waals surface area contributed by atoms with Crippen molar-refractivity contribution in [1.29, 1.82) is 0 Å². The van der Waals surface area contributed by atoms with Crippen molar-refractivity contribution in [3.8, 4) is 28.6 Å². The molecule has 0 aliphatic carbocycles. The Labute approximate surface area is 182 Å². The predicted octanol–water partition coefficient (Wildman–Crippen LogP) is 4.42. The van der Waals surface area contributed by atoms with Gasteiger partial charge in [-0.1, -0.05) is 27.2 Å². The van der Waals surface area contributed by atoms with E-state index in [1.165, 1.54) is 0 Å². The molecule has 1 aromatic heterocycles. The Kier molecular flexibility index (Phi) is 7.67. The fourth-order valence-corrected chi connectivity index (χ4v) is 2.96. The third-order valence-corrected chi connectivity index (χ3v) is 4.56. The summed E-state index contributed by atoms with van der Waals surface area (Å²) in [7, 11) is 3.11. The van der Waals surface area contributed by atoms with Gasteiger partial charge in [-0.2, -0.15) is 4.98 Å². The summed E-state index contributed by atoms with van der Waals surface area (Å²) in [5, 5.41) is 3.92. The van der Waals surface area contributed by atoms with Crippen LogP contribution < -0.4 is 14.2 Å². The second-order valence-electron chi connectivity index (χ2n) is 6.15. The number of carbonyl (C=O) groups is 1. The largest absolute Gasteiger partial charge is 0.497 e. The van der Waals surface area contributed by atoms with E-state index in [9.17, 15) is 4.79 Å². The number of ether oxygens (including phenoxy) is 4. The third kappa shape index (κ3) is 5.96. The van der Waals surface area contributed by atoms with Crippen LogP contribution >= 0.6 is 15.9 Å². The second kappa shape index (κ2) is 10.6. The Hall–Kier alpha value is -3.07. The highest BCUT2D eigenvalue weighted by Gasteiger charge is 2.15. The fourth-order valence-electron chi connectivity index (χ4n) is 2.58. The molecule has 0 N–H and O–H groups in total. The van der Waals surface area contributed by atoms with E-state index in [0.717, 1.165) is 10.2 Å². The Morgan fingerprint density at radius 3 is 2.73 bits per heavy atom. The maximum atomic E-state index is 11.9. The van der Waals surface area contributed by atoms with Crippen molar-refractivity contribution in [3.05, 3.63) is 52.8 Å². The third-order valence-electron chi connectivity index (χ3n) is 4.06. The monoisotopic (exact) mass is 476 g/mol. The summed E-state index contributed by atoms with van der Waals surface area (Å²) in [5.41, 5.74) is 0.643. The van der Waals surface area contributed by atoms with Crippen LogP contribution in [-0.2, 0) is 16.1 Å². The van der Waals surface area contributed by atoms with Crippen molar-refractivity contribution in [2.24, 2.45) is 0 Å². The zero-order valence-electron chi connectivity index (χ0n) is 16.6. The SMILES string of the molecule is COc1ccc(-c2noc(COC(=O)CCCOc3cccc(Br)c3)n2)c(OC)c1. The molecule has 1 heterocycles. The molecule has 0 fully saturated rings. The standard InChI is InChI=1S/C21H21BrN2O6/c1-26-15-8-9-17(18(12-15)27-2)21-23-19(30-24-21)13-29-20(25)7-4-10-28-16-6-3-5-14(22)11-16/h3,5-6,8-9,11-12H,4,7,10,13H2,1-2H3. The molecule has 0 radical (unpaired) electrons. The topological polar surface area (TPSA) is 92.9 Å². The summed E-state index contributed by atoms with van der Waals surface area (Å²) in [5.74, 6) is 2.10. The average molecular weight is 477 g/mol. The molecule has 30 heavy (non-hydrogen) atoms. The molecule has 0 saturated heterocycles. The van der Waals surface area contributed by atoms with Gasteiger partial charge in [0.25, 0.3) is 5.89 Å². The van der Waals surface area contributed by atoms with E-state index in [-0.39, 0.29) is 24.9 Å². The number of hydrogen-bond acceptors (Lipinski definition) is 8. The number of benzene rings is 2. The summed E-state index contributed by atoms with van der Waals surface area (Å²) in [6.07, 6.45) is 0.755. The first-order chi connectivity index (χ1) is 14.6. The molecule has 3 aromatic rings. The van der Waals surface area contributed by atoms with E-state index in [1.54, 1.807) is 32.4 Å². The van der Waals surface area contributed by atoms with Gasteiger partial charge >= 0.3 is 5.97 Å². The van der Waals surface area contributed by atoms with Crippen LogP contribution in [0.2, 0.25) is 0 Å². The first-order valence-corrected chi connectivity index (χ1v) is 9.97. The van der Waals surface area contributed by atoms with Gasteiger partial charge in [-0.15, -0.1) is 0 Å². The first-order valence-electron chi connectivity index (χ1n) is 9.18. The maximum absolute atomic E-state index is 11.9. The van der Waals surface area contributed by atoms with Crippen LogP contribution in [0.25, 0.3) is 11.4 Å². The van der Waals surface area contributed by atoms with Gasteiger partial charge in [0.2, 0.25) is 5.82 Å². The van der Waals surface area contributed by atoms with Gasteiger partial charge in [-0.25, -0.2) is 0 Å². The van der Waals surface area contributed by atoms with Gasteiger partial charge in [-0.3, -0.25) is 4.79 Å². The van der Waals surface area contributed by atoms with Gasteiger partial charge in [-0.05, 0) is 36.8 Å². The van der Waals surface area contributed by atoms with Gasteiger partial charge in [0.1, 0.15) is 17.2 Å². The van der Waals surface area contributed by atoms with E-state index in [1.807, 2.05) is 24.3 Å². The molecule has 0 saturated carbocycles. The van der Waals surface area contributed by atoms with Crippen LogP contribution in [0.15, 0.2) is 51.5 Å². The highest BCUT2D eigenvalue weighted by molar-refractivity contribution is 9.10. The molecule has 0 bridgehead atoms. The molecule has 2 aromatic carbocycles. The number of methoxy groups -OCH3 is 2. The van der Waals surface area contributed by atoms with E-state index in [2.05, 4.69) is 26.1 Å². The van der Waals surface area contributed by atoms with Crippen molar-refractivity contribution in [3.63, 3.8) is 0 Å². The zero-order chi connectivity index (χ0) is 21.3. The van der Waals surface area contributed by atoms with Gasteiger partial charge in [0.05, 0.1) is 26.4 Å². The Morgan fingerprint density at radius 2 is 1.97 bits per heavy atom. The molecule has 0 spiro atoms. The van der Waals surface area contributed by atoms with Crippen LogP contribution in [0.3, 0.4) is 0 Å². The van der Waals surface area contributed by atoms with Gasteiger partial charge in [0.15, 0.2) is 6.61 Å². The Morgan fingerprint density at radius 1 is 1.10 bits per heavy atom. The Bertz CT molecular complexity index is 991. The van der Waals surface area contributed by atoms with Crippen LogP contribution in [0.4, 0.5) is 0 Å². The van der Waals surface area contributed by atoms with Crippen LogP contribution in [0.5, 0.6) is 17.2 Å². The molecule has 8 nitrogen and oxygen atoms in total. The lowest BCUT2D eigenvalue weighted by Crippen LogP contribution is -2.07. The summed E-state index contributed by atoms with van der Waals surface area (Å²) in [4.78, 5) is 16.2. The average Bonchev–Trinajstić information content (AvgIpc) is 3.23. The molecule has 9 heteroatoms. The second-order valence-corrected chi connectivity index (χ2v) is 7.06. The van der Waals surface area contributed by atoms with Crippen LogP contribution in [-0.4, -0.2) is 36.9 Å². The number of esters is 1. The quantitative estimate of drug-likeness (QED) is 0.313. The predicted molar refractivity (Wildman–Crippen MR) is 112 cm³/mol. The molecule has 158 valence electrons. The summed E-state index contributed by atoms with van der Waals surface area (Å²) < 4.78 is 27.4. The van der Waals surface area contributed by atoms with Crippen molar-refractivity contribution < 1.29 is 28.3 Å². The van der Waals surface area contributed by atoms with Gasteiger partial charge in [0, 0.05) is 17.0 Å². The van der Waals surface area contributed by atoms with Crippen molar-refractivity contribution in [2.45, 2.75) is 19.4 Å². The molecule has 0 unspecified atom stereocenters. The van der Waals surface area contributed by atoms with E-state index >= 15 is 0 Å². The molecular formula is C21H21BrN2O6. The minimum Gasteiger partial charge on any atom is -0.497 e. The minimum absolute atomic E-state index is 0.100. The van der Waals surface area contributed by atoms with Crippen molar-refractivity contribution in [2.75, 3.05) is 20.8 Å². The van der Waals surface area contributed by atoms with Crippen molar-refractivity contribution in [1.82, 2.24) is 10.1 Å². The number of aromatic nitrogens is 2. The lowest BCUT2D eigenvalue weighted by atomic mass is 10.2. The molecule has 0 amide bonds. The first kappa shape index (κ1) is 21.6. The highest BCUT2D eigenvalue weighted by Crippen LogP contribution is 2.31. The summed E-state index contributed by atoms with van der Waals surface area (Å²) in [6.45, 7) is 0.310. The van der Waals surface area contributed by atoms with E-state index < -0.39 is 0 Å². The number of hydrogen-bond donors (Lipinski definition) is 0. The van der Waals surface area contributed by atoms with Gasteiger partial charge < -0.3 is 23.5 Å². The molecule has 0 aliphatic rings. The van der Waals surface area contributed by atoms with E-state index in [4.69, 9.17) is 23.5 Å².